The van der Waals surface area contributed by atoms with Crippen LogP contribution in [0.3, 0.4) is 0 Å². The highest BCUT2D eigenvalue weighted by molar-refractivity contribution is 8.01. The van der Waals surface area contributed by atoms with Crippen LogP contribution in [0.25, 0.3) is 11.0 Å². The van der Waals surface area contributed by atoms with E-state index in [2.05, 4.69) is 19.3 Å². The van der Waals surface area contributed by atoms with E-state index in [1.165, 1.54) is 30.3 Å². The van der Waals surface area contributed by atoms with E-state index in [1.807, 2.05) is 27.7 Å². The van der Waals surface area contributed by atoms with E-state index in [1.54, 1.807) is 4.57 Å². The first-order valence-electron chi connectivity index (χ1n) is 8.33. The first-order chi connectivity index (χ1) is 12.3. The van der Waals surface area contributed by atoms with Crippen molar-refractivity contribution < 1.29 is 0 Å². The molecule has 0 N–H and O–H groups in total. The maximum absolute atomic E-state index is 12.8. The van der Waals surface area contributed by atoms with Crippen LogP contribution in [-0.4, -0.2) is 28.5 Å². The van der Waals surface area contributed by atoms with Gasteiger partial charge < -0.3 is 0 Å². The maximum atomic E-state index is 12.8. The highest BCUT2D eigenvalue weighted by atomic mass is 32.2. The fourth-order valence-corrected chi connectivity index (χ4v) is 4.20. The molecule has 3 heterocycles. The number of aromatic nitrogens is 6. The summed E-state index contributed by atoms with van der Waals surface area (Å²) in [6, 6.07) is 0. The molecule has 8 nitrogen and oxygen atoms in total. The Morgan fingerprint density at radius 2 is 1.92 bits per heavy atom. The molecule has 0 aromatic carbocycles. The molecule has 0 saturated carbocycles. The molecule has 0 amide bonds. The SMILES string of the molecule is CCCn1c(=O)n(C)c(=O)c2c(Sc3nc(C)ns3)nc(C(C)C)nc21. The molecule has 0 aliphatic rings. The lowest BCUT2D eigenvalue weighted by Crippen LogP contribution is -2.39. The third-order valence-electron chi connectivity index (χ3n) is 3.82. The van der Waals surface area contributed by atoms with Crippen LogP contribution < -0.4 is 11.2 Å². The van der Waals surface area contributed by atoms with Gasteiger partial charge in [0.25, 0.3) is 5.56 Å². The summed E-state index contributed by atoms with van der Waals surface area (Å²) >= 11 is 2.55. The highest BCUT2D eigenvalue weighted by Crippen LogP contribution is 2.31. The molecule has 3 aromatic heterocycles. The molecule has 0 atom stereocenters. The first kappa shape index (κ1) is 18.7. The Kier molecular flexibility index (Phi) is 5.24. The molecular weight excluding hydrogens is 372 g/mol. The predicted octanol–water partition coefficient (Wildman–Crippen LogP) is 2.33. The van der Waals surface area contributed by atoms with Crippen LogP contribution in [0, 0.1) is 6.92 Å². The molecule has 0 bridgehead atoms. The summed E-state index contributed by atoms with van der Waals surface area (Å²) in [6.07, 6.45) is 0.756. The third kappa shape index (κ3) is 3.30. The number of fused-ring (bicyclic) bond motifs is 1. The second-order valence-electron chi connectivity index (χ2n) is 6.25. The van der Waals surface area contributed by atoms with E-state index >= 15 is 0 Å². The average molecular weight is 393 g/mol. The molecule has 138 valence electrons. The second-order valence-corrected chi connectivity index (χ2v) is 8.24. The predicted molar refractivity (Wildman–Crippen MR) is 102 cm³/mol. The maximum Gasteiger partial charge on any atom is 0.332 e. The van der Waals surface area contributed by atoms with Gasteiger partial charge in [0.1, 0.15) is 22.1 Å². The molecule has 0 saturated heterocycles. The van der Waals surface area contributed by atoms with Crippen LogP contribution >= 0.6 is 23.3 Å². The molecule has 0 fully saturated rings. The molecule has 0 aliphatic carbocycles. The Labute approximate surface area is 158 Å². The summed E-state index contributed by atoms with van der Waals surface area (Å²) < 4.78 is 7.55. The summed E-state index contributed by atoms with van der Waals surface area (Å²) in [5.41, 5.74) is -0.362. The van der Waals surface area contributed by atoms with Gasteiger partial charge in [0.15, 0.2) is 9.99 Å². The van der Waals surface area contributed by atoms with Gasteiger partial charge in [0.2, 0.25) is 0 Å². The quantitative estimate of drug-likeness (QED) is 0.615. The standard InChI is InChI=1S/C16H20N6O2S2/c1-6-7-22-12-10(14(23)21(5)16(22)24)13(19-11(18-12)8(2)3)25-15-17-9(4)20-26-15/h8H,6-7H2,1-5H3. The van der Waals surface area contributed by atoms with Gasteiger partial charge in [-0.25, -0.2) is 19.7 Å². The van der Waals surface area contributed by atoms with E-state index in [9.17, 15) is 9.59 Å². The summed E-state index contributed by atoms with van der Waals surface area (Å²) in [6.45, 7) is 8.24. The normalized spacial score (nSPS) is 11.6. The second kappa shape index (κ2) is 7.28. The fraction of sp³-hybridized carbons (Fsp3) is 0.500. The Balaban J connectivity index is 2.38. The molecular formula is C16H20N6O2S2. The lowest BCUT2D eigenvalue weighted by molar-refractivity contribution is 0.603. The van der Waals surface area contributed by atoms with E-state index in [-0.39, 0.29) is 11.6 Å². The molecule has 0 spiro atoms. The van der Waals surface area contributed by atoms with E-state index in [0.29, 0.717) is 38.6 Å². The topological polar surface area (TPSA) is 95.6 Å². The number of rotatable bonds is 5. The number of hydrogen-bond acceptors (Lipinski definition) is 8. The van der Waals surface area contributed by atoms with Crippen LogP contribution in [0.5, 0.6) is 0 Å². The monoisotopic (exact) mass is 392 g/mol. The Bertz CT molecular complexity index is 1080. The Morgan fingerprint density at radius 3 is 2.50 bits per heavy atom. The summed E-state index contributed by atoms with van der Waals surface area (Å²) in [5.74, 6) is 1.33. The molecule has 0 unspecified atom stereocenters. The van der Waals surface area contributed by atoms with Crippen molar-refractivity contribution in [2.24, 2.45) is 7.05 Å². The Morgan fingerprint density at radius 1 is 1.19 bits per heavy atom. The first-order valence-corrected chi connectivity index (χ1v) is 9.92. The van der Waals surface area contributed by atoms with Crippen LogP contribution in [0.2, 0.25) is 0 Å². The van der Waals surface area contributed by atoms with Gasteiger partial charge in [-0.05, 0) is 36.6 Å². The van der Waals surface area contributed by atoms with Gasteiger partial charge >= 0.3 is 5.69 Å². The van der Waals surface area contributed by atoms with Crippen molar-refractivity contribution >= 4 is 34.3 Å². The average Bonchev–Trinajstić information content (AvgIpc) is 3.01. The van der Waals surface area contributed by atoms with Gasteiger partial charge in [0, 0.05) is 19.5 Å². The van der Waals surface area contributed by atoms with Gasteiger partial charge in [-0.15, -0.1) is 0 Å². The zero-order valence-corrected chi connectivity index (χ0v) is 16.9. The smallest absolute Gasteiger partial charge is 0.277 e. The third-order valence-corrected chi connectivity index (χ3v) is 5.65. The zero-order chi connectivity index (χ0) is 19.0. The van der Waals surface area contributed by atoms with Crippen LogP contribution in [0.4, 0.5) is 0 Å². The number of nitrogens with zero attached hydrogens (tertiary/aromatic N) is 6. The van der Waals surface area contributed by atoms with E-state index < -0.39 is 5.56 Å². The minimum absolute atomic E-state index is 0.0594. The molecule has 3 rings (SSSR count). The summed E-state index contributed by atoms with van der Waals surface area (Å²) in [5, 5.41) is 0.864. The number of hydrogen-bond donors (Lipinski definition) is 0. The summed E-state index contributed by atoms with van der Waals surface area (Å²) in [7, 11) is 1.48. The van der Waals surface area contributed by atoms with Crippen molar-refractivity contribution in [2.45, 2.75) is 55.9 Å². The van der Waals surface area contributed by atoms with Gasteiger partial charge in [-0.2, -0.15) is 4.37 Å². The lowest BCUT2D eigenvalue weighted by Gasteiger charge is -2.14. The fourth-order valence-electron chi connectivity index (χ4n) is 2.51. The highest BCUT2D eigenvalue weighted by Gasteiger charge is 2.21. The molecule has 26 heavy (non-hydrogen) atoms. The molecule has 10 heteroatoms. The van der Waals surface area contributed by atoms with E-state index in [0.717, 1.165) is 11.0 Å². The van der Waals surface area contributed by atoms with Crippen LogP contribution in [-0.2, 0) is 13.6 Å². The van der Waals surface area contributed by atoms with Gasteiger partial charge in [-0.3, -0.25) is 13.9 Å². The van der Waals surface area contributed by atoms with Crippen LogP contribution in [0.1, 0.15) is 44.8 Å². The van der Waals surface area contributed by atoms with Crippen molar-refractivity contribution in [3.63, 3.8) is 0 Å². The molecule has 3 aromatic rings. The molecule has 0 radical (unpaired) electrons. The van der Waals surface area contributed by atoms with Crippen molar-refractivity contribution in [2.75, 3.05) is 0 Å². The minimum Gasteiger partial charge on any atom is -0.277 e. The molecule has 0 aliphatic heterocycles. The summed E-state index contributed by atoms with van der Waals surface area (Å²) in [4.78, 5) is 38.9. The lowest BCUT2D eigenvalue weighted by atomic mass is 10.2. The largest absolute Gasteiger partial charge is 0.332 e. The van der Waals surface area contributed by atoms with Crippen molar-refractivity contribution in [1.29, 1.82) is 0 Å². The van der Waals surface area contributed by atoms with Crippen molar-refractivity contribution in [1.82, 2.24) is 28.5 Å². The zero-order valence-electron chi connectivity index (χ0n) is 15.3. The van der Waals surface area contributed by atoms with Crippen molar-refractivity contribution in [3.8, 4) is 0 Å². The Hall–Kier alpha value is -2.07. The van der Waals surface area contributed by atoms with Gasteiger partial charge in [0.05, 0.1) is 0 Å². The van der Waals surface area contributed by atoms with E-state index in [4.69, 9.17) is 0 Å². The van der Waals surface area contributed by atoms with Crippen molar-refractivity contribution in [3.05, 3.63) is 32.5 Å². The van der Waals surface area contributed by atoms with Gasteiger partial charge in [-0.1, -0.05) is 20.8 Å². The minimum atomic E-state index is -0.392. The number of aryl methyl sites for hydroxylation is 2. The van der Waals surface area contributed by atoms with Crippen LogP contribution in [0.15, 0.2) is 19.0 Å².